The molecule has 0 spiro atoms. The minimum Gasteiger partial charge on any atom is -0.378 e. The summed E-state index contributed by atoms with van der Waals surface area (Å²) in [6.07, 6.45) is -0.400. The van der Waals surface area contributed by atoms with E-state index in [0.29, 0.717) is 49.7 Å². The van der Waals surface area contributed by atoms with Gasteiger partial charge in [-0.1, -0.05) is 36.4 Å². The lowest BCUT2D eigenvalue weighted by molar-refractivity contribution is 0.122. The summed E-state index contributed by atoms with van der Waals surface area (Å²) in [6, 6.07) is 17.2. The quantitative estimate of drug-likeness (QED) is 0.289. The van der Waals surface area contributed by atoms with E-state index >= 15 is 0 Å². The molecule has 0 bridgehead atoms. The maximum atomic E-state index is 14.2. The van der Waals surface area contributed by atoms with Gasteiger partial charge in [-0.2, -0.15) is 20.1 Å². The van der Waals surface area contributed by atoms with Gasteiger partial charge < -0.3 is 15.0 Å². The molecule has 5 aromatic rings. The Morgan fingerprint density at radius 3 is 2.41 bits per heavy atom. The van der Waals surface area contributed by atoms with Gasteiger partial charge in [0.15, 0.2) is 5.82 Å². The molecule has 1 N–H and O–H groups in total. The number of alkyl halides is 2. The first-order valence-electron chi connectivity index (χ1n) is 13.5. The number of hydrogen-bond acceptors (Lipinski definition) is 8. The van der Waals surface area contributed by atoms with E-state index in [1.165, 1.54) is 4.57 Å². The van der Waals surface area contributed by atoms with Gasteiger partial charge in [0.05, 0.1) is 29.9 Å². The van der Waals surface area contributed by atoms with Crippen molar-refractivity contribution in [2.24, 2.45) is 7.05 Å². The van der Waals surface area contributed by atoms with Crippen LogP contribution in [0.3, 0.4) is 0 Å². The predicted molar refractivity (Wildman–Crippen MR) is 152 cm³/mol. The number of morpholine rings is 1. The first kappa shape index (κ1) is 26.8. The number of hydrogen-bond donors (Lipinski definition) is 1. The van der Waals surface area contributed by atoms with Gasteiger partial charge in [-0.15, -0.1) is 0 Å². The molecule has 0 unspecified atom stereocenters. The van der Waals surface area contributed by atoms with E-state index in [1.807, 2.05) is 34.8 Å². The third kappa shape index (κ3) is 5.47. The molecule has 3 aromatic heterocycles. The Morgan fingerprint density at radius 1 is 0.927 bits per heavy atom. The molecule has 2 aromatic carbocycles. The Labute approximate surface area is 236 Å². The number of rotatable bonds is 8. The van der Waals surface area contributed by atoms with Crippen LogP contribution in [0, 0.1) is 0 Å². The van der Waals surface area contributed by atoms with Gasteiger partial charge in [0.25, 0.3) is 6.43 Å². The van der Waals surface area contributed by atoms with Crippen molar-refractivity contribution in [1.29, 1.82) is 0 Å². The van der Waals surface area contributed by atoms with Crippen molar-refractivity contribution in [2.75, 3.05) is 36.5 Å². The standard InChI is InChI=1S/C29H31F2N9O/c1-29(2,18-19-8-4-5-9-20(19)22-12-13-32-38(22)3)37-26-34-27(39-14-16-41-17-15-39)36-28(35-26)40-23-11-7-6-10-21(23)33-25(40)24(30)31/h4-13,24H,14-18H2,1-3H3,(H,34,35,36,37). The van der Waals surface area contributed by atoms with Gasteiger partial charge in [0, 0.05) is 37.4 Å². The van der Waals surface area contributed by atoms with Crippen LogP contribution in [0.1, 0.15) is 31.7 Å². The van der Waals surface area contributed by atoms with Gasteiger partial charge in [-0.05, 0) is 44.0 Å². The van der Waals surface area contributed by atoms with Crippen LogP contribution in [0.4, 0.5) is 20.7 Å². The Bertz CT molecular complexity index is 1670. The largest absolute Gasteiger partial charge is 0.378 e. The molecular formula is C29H31F2N9O. The van der Waals surface area contributed by atoms with Crippen molar-refractivity contribution >= 4 is 22.9 Å². The molecule has 12 heteroatoms. The fourth-order valence-electron chi connectivity index (χ4n) is 5.20. The van der Waals surface area contributed by atoms with Crippen LogP contribution in [-0.2, 0) is 18.2 Å². The maximum Gasteiger partial charge on any atom is 0.296 e. The van der Waals surface area contributed by atoms with E-state index in [2.05, 4.69) is 51.3 Å². The summed E-state index contributed by atoms with van der Waals surface area (Å²) in [5.41, 5.74) is 3.64. The van der Waals surface area contributed by atoms with Crippen molar-refractivity contribution in [3.63, 3.8) is 0 Å². The predicted octanol–water partition coefficient (Wildman–Crippen LogP) is 4.82. The van der Waals surface area contributed by atoms with Crippen LogP contribution < -0.4 is 10.2 Å². The summed E-state index contributed by atoms with van der Waals surface area (Å²) < 4.78 is 37.1. The number of nitrogens with one attached hydrogen (secondary N) is 1. The summed E-state index contributed by atoms with van der Waals surface area (Å²) in [7, 11) is 1.92. The number of halogens is 2. The zero-order valence-electron chi connectivity index (χ0n) is 23.1. The van der Waals surface area contributed by atoms with Crippen molar-refractivity contribution in [2.45, 2.75) is 32.2 Å². The van der Waals surface area contributed by atoms with E-state index in [1.54, 1.807) is 30.5 Å². The number of ether oxygens (including phenoxy) is 1. The van der Waals surface area contributed by atoms with Crippen molar-refractivity contribution in [1.82, 2.24) is 34.3 Å². The Hall–Kier alpha value is -4.45. The molecule has 0 radical (unpaired) electrons. The van der Waals surface area contributed by atoms with Crippen molar-refractivity contribution in [3.8, 4) is 17.2 Å². The summed E-state index contributed by atoms with van der Waals surface area (Å²) >= 11 is 0. The van der Waals surface area contributed by atoms with E-state index in [9.17, 15) is 8.78 Å². The molecule has 1 aliphatic heterocycles. The van der Waals surface area contributed by atoms with E-state index in [-0.39, 0.29) is 11.9 Å². The minimum absolute atomic E-state index is 0.0825. The average molecular weight is 560 g/mol. The second kappa shape index (κ2) is 10.8. The molecule has 41 heavy (non-hydrogen) atoms. The van der Waals surface area contributed by atoms with Gasteiger partial charge in [0.2, 0.25) is 17.8 Å². The summed E-state index contributed by atoms with van der Waals surface area (Å²) in [5, 5.41) is 7.80. The first-order valence-corrected chi connectivity index (χ1v) is 13.5. The van der Waals surface area contributed by atoms with Crippen molar-refractivity contribution < 1.29 is 13.5 Å². The van der Waals surface area contributed by atoms with Crippen LogP contribution in [-0.4, -0.2) is 66.1 Å². The molecule has 0 aliphatic carbocycles. The van der Waals surface area contributed by atoms with E-state index in [4.69, 9.17) is 9.72 Å². The highest BCUT2D eigenvalue weighted by Gasteiger charge is 2.27. The number of fused-ring (bicyclic) bond motifs is 1. The van der Waals surface area contributed by atoms with Crippen LogP contribution in [0.5, 0.6) is 0 Å². The smallest absolute Gasteiger partial charge is 0.296 e. The molecule has 0 atom stereocenters. The molecule has 0 amide bonds. The van der Waals surface area contributed by atoms with E-state index in [0.717, 1.165) is 16.8 Å². The van der Waals surface area contributed by atoms with Crippen LogP contribution in [0.15, 0.2) is 60.8 Å². The Balaban J connectivity index is 1.40. The third-order valence-corrected chi connectivity index (χ3v) is 7.08. The van der Waals surface area contributed by atoms with E-state index < -0.39 is 17.8 Å². The fourth-order valence-corrected chi connectivity index (χ4v) is 5.20. The Morgan fingerprint density at radius 2 is 1.66 bits per heavy atom. The second-order valence-electron chi connectivity index (χ2n) is 10.6. The maximum absolute atomic E-state index is 14.2. The highest BCUT2D eigenvalue weighted by atomic mass is 19.3. The number of aromatic nitrogens is 7. The van der Waals surface area contributed by atoms with Gasteiger partial charge in [-0.25, -0.2) is 13.8 Å². The monoisotopic (exact) mass is 559 g/mol. The molecular weight excluding hydrogens is 528 g/mol. The lowest BCUT2D eigenvalue weighted by Gasteiger charge is -2.30. The number of anilines is 2. The number of para-hydroxylation sites is 2. The normalized spacial score (nSPS) is 14.2. The average Bonchev–Trinajstić information content (AvgIpc) is 3.57. The number of nitrogens with zero attached hydrogens (tertiary/aromatic N) is 8. The SMILES string of the molecule is Cn1nccc1-c1ccccc1CC(C)(C)Nc1nc(N2CCOCC2)nc(-n2c(C(F)F)nc3ccccc32)n1. The van der Waals surface area contributed by atoms with Gasteiger partial charge in [0.1, 0.15) is 0 Å². The Kier molecular flexibility index (Phi) is 7.08. The molecule has 1 saturated heterocycles. The van der Waals surface area contributed by atoms with Crippen LogP contribution in [0.2, 0.25) is 0 Å². The summed E-state index contributed by atoms with van der Waals surface area (Å²) in [5.74, 6) is 0.349. The third-order valence-electron chi connectivity index (χ3n) is 7.08. The molecule has 6 rings (SSSR count). The topological polar surface area (TPSA) is 98.8 Å². The number of aryl methyl sites for hydroxylation is 1. The molecule has 0 saturated carbocycles. The molecule has 1 fully saturated rings. The van der Waals surface area contributed by atoms with Gasteiger partial charge >= 0.3 is 0 Å². The minimum atomic E-state index is -2.82. The molecule has 212 valence electrons. The first-order chi connectivity index (χ1) is 19.8. The van der Waals surface area contributed by atoms with Crippen molar-refractivity contribution in [3.05, 3.63) is 72.2 Å². The molecule has 4 heterocycles. The lowest BCUT2D eigenvalue weighted by Crippen LogP contribution is -2.39. The second-order valence-corrected chi connectivity index (χ2v) is 10.6. The lowest BCUT2D eigenvalue weighted by atomic mass is 9.91. The van der Waals surface area contributed by atoms with Crippen LogP contribution in [0.25, 0.3) is 28.2 Å². The molecule has 10 nitrogen and oxygen atoms in total. The highest BCUT2D eigenvalue weighted by molar-refractivity contribution is 5.77. The van der Waals surface area contributed by atoms with Crippen LogP contribution >= 0.6 is 0 Å². The van der Waals surface area contributed by atoms with Gasteiger partial charge in [-0.3, -0.25) is 9.25 Å². The zero-order valence-corrected chi connectivity index (χ0v) is 23.1. The number of imidazole rings is 1. The zero-order chi connectivity index (χ0) is 28.6. The summed E-state index contributed by atoms with van der Waals surface area (Å²) in [4.78, 5) is 20.2. The highest BCUT2D eigenvalue weighted by Crippen LogP contribution is 2.30. The number of benzene rings is 2. The fraction of sp³-hybridized carbons (Fsp3) is 0.345. The molecule has 1 aliphatic rings. The summed E-state index contributed by atoms with van der Waals surface area (Å²) in [6.45, 7) is 6.32.